The Kier molecular flexibility index (Phi) is 4.79. The fourth-order valence-corrected chi connectivity index (χ4v) is 3.59. The zero-order valence-electron chi connectivity index (χ0n) is 14.6. The highest BCUT2D eigenvalue weighted by Crippen LogP contribution is 2.29. The molecule has 2 fully saturated rings. The van der Waals surface area contributed by atoms with Gasteiger partial charge in [-0.25, -0.2) is 0 Å². The first kappa shape index (κ1) is 17.5. The molecule has 0 aliphatic carbocycles. The summed E-state index contributed by atoms with van der Waals surface area (Å²) in [6, 6.07) is 7.88. The Morgan fingerprint density at radius 1 is 1.12 bits per heavy atom. The Balaban J connectivity index is 1.67. The zero-order chi connectivity index (χ0) is 18.1. The Hall–Kier alpha value is -2.37. The molecule has 1 N–H and O–H groups in total. The third kappa shape index (κ3) is 3.38. The molecular formula is C19H24N2O4. The van der Waals surface area contributed by atoms with E-state index in [2.05, 4.69) is 13.8 Å². The molecular weight excluding hydrogens is 320 g/mol. The maximum Gasteiger partial charge on any atom is 0.308 e. The molecule has 25 heavy (non-hydrogen) atoms. The van der Waals surface area contributed by atoms with Crippen LogP contribution >= 0.6 is 0 Å². The fraction of sp³-hybridized carbons (Fsp3) is 0.526. The predicted molar refractivity (Wildman–Crippen MR) is 93.3 cm³/mol. The molecule has 1 aromatic rings. The van der Waals surface area contributed by atoms with Crippen molar-refractivity contribution in [3.05, 3.63) is 29.8 Å². The van der Waals surface area contributed by atoms with Gasteiger partial charge in [-0.3, -0.25) is 14.4 Å². The normalized spacial score (nSPS) is 23.6. The quantitative estimate of drug-likeness (QED) is 0.849. The van der Waals surface area contributed by atoms with Gasteiger partial charge in [0.25, 0.3) is 0 Å². The van der Waals surface area contributed by atoms with Gasteiger partial charge in [0.05, 0.1) is 5.92 Å². The van der Waals surface area contributed by atoms with Crippen LogP contribution in [0.2, 0.25) is 0 Å². The highest BCUT2D eigenvalue weighted by atomic mass is 16.4. The van der Waals surface area contributed by atoms with E-state index in [-0.39, 0.29) is 18.4 Å². The van der Waals surface area contributed by atoms with Crippen molar-refractivity contribution in [2.45, 2.75) is 32.6 Å². The number of carbonyl (C=O) groups is 3. The third-order valence-electron chi connectivity index (χ3n) is 5.22. The van der Waals surface area contributed by atoms with E-state index in [1.165, 1.54) is 10.5 Å². The maximum atomic E-state index is 12.7. The smallest absolute Gasteiger partial charge is 0.308 e. The number of rotatable bonds is 4. The lowest BCUT2D eigenvalue weighted by Gasteiger charge is -2.21. The summed E-state index contributed by atoms with van der Waals surface area (Å²) in [7, 11) is 0. The van der Waals surface area contributed by atoms with Crippen LogP contribution in [0.5, 0.6) is 0 Å². The van der Waals surface area contributed by atoms with Gasteiger partial charge in [0, 0.05) is 25.3 Å². The van der Waals surface area contributed by atoms with E-state index in [1.54, 1.807) is 4.90 Å². The molecule has 6 heteroatoms. The molecule has 2 heterocycles. The van der Waals surface area contributed by atoms with E-state index in [1.807, 2.05) is 24.3 Å². The van der Waals surface area contributed by atoms with Crippen molar-refractivity contribution in [1.29, 1.82) is 0 Å². The summed E-state index contributed by atoms with van der Waals surface area (Å²) in [6.07, 6.45) is 0.945. The van der Waals surface area contributed by atoms with Crippen LogP contribution in [0.1, 0.15) is 38.2 Å². The lowest BCUT2D eigenvalue weighted by molar-refractivity contribution is -0.142. The van der Waals surface area contributed by atoms with E-state index in [0.717, 1.165) is 5.69 Å². The van der Waals surface area contributed by atoms with Gasteiger partial charge in [0.15, 0.2) is 0 Å². The minimum absolute atomic E-state index is 0.180. The summed E-state index contributed by atoms with van der Waals surface area (Å²) < 4.78 is 0. The van der Waals surface area contributed by atoms with Crippen LogP contribution in [0.4, 0.5) is 5.69 Å². The van der Waals surface area contributed by atoms with Gasteiger partial charge in [-0.05, 0) is 36.5 Å². The molecule has 3 rings (SSSR count). The molecule has 2 aliphatic rings. The second-order valence-electron chi connectivity index (χ2n) is 7.19. The predicted octanol–water partition coefficient (Wildman–Crippen LogP) is 2.10. The second-order valence-corrected chi connectivity index (χ2v) is 7.19. The first-order chi connectivity index (χ1) is 11.9. The molecule has 0 bridgehead atoms. The van der Waals surface area contributed by atoms with Gasteiger partial charge < -0.3 is 14.9 Å². The van der Waals surface area contributed by atoms with Crippen LogP contribution in [-0.2, 0) is 14.4 Å². The van der Waals surface area contributed by atoms with E-state index in [0.29, 0.717) is 31.8 Å². The van der Waals surface area contributed by atoms with Crippen LogP contribution < -0.4 is 4.90 Å². The Morgan fingerprint density at radius 2 is 1.80 bits per heavy atom. The number of likely N-dealkylation sites (tertiary alicyclic amines) is 1. The number of carbonyl (C=O) groups excluding carboxylic acids is 2. The van der Waals surface area contributed by atoms with Crippen molar-refractivity contribution in [2.24, 2.45) is 11.8 Å². The van der Waals surface area contributed by atoms with Crippen molar-refractivity contribution in [2.75, 3.05) is 24.5 Å². The van der Waals surface area contributed by atoms with Crippen LogP contribution in [0.25, 0.3) is 0 Å². The lowest BCUT2D eigenvalue weighted by Crippen LogP contribution is -2.39. The standard InChI is InChI=1S/C19H24N2O4/c1-12(2)13-3-5-15(6-4-13)21-10-8-16(18(21)23)17(22)20-9-7-14(11-20)19(24)25/h3-6,12,14,16H,7-11H2,1-2H3,(H,24,25)/t14-,16-/m1/s1. The number of hydrogen-bond donors (Lipinski definition) is 1. The average molecular weight is 344 g/mol. The highest BCUT2D eigenvalue weighted by Gasteiger charge is 2.42. The first-order valence-electron chi connectivity index (χ1n) is 8.81. The van der Waals surface area contributed by atoms with Gasteiger partial charge in [0.2, 0.25) is 11.8 Å². The molecule has 1 aromatic carbocycles. The second kappa shape index (κ2) is 6.86. The Labute approximate surface area is 147 Å². The van der Waals surface area contributed by atoms with E-state index >= 15 is 0 Å². The van der Waals surface area contributed by atoms with Crippen LogP contribution in [0.3, 0.4) is 0 Å². The molecule has 0 spiro atoms. The summed E-state index contributed by atoms with van der Waals surface area (Å²) in [5.41, 5.74) is 2.02. The SMILES string of the molecule is CC(C)c1ccc(N2CC[C@H](C(=O)N3CC[C@@H](C(=O)O)C3)C2=O)cc1. The van der Waals surface area contributed by atoms with Crippen molar-refractivity contribution >= 4 is 23.5 Å². The van der Waals surface area contributed by atoms with Crippen LogP contribution in [-0.4, -0.2) is 47.4 Å². The van der Waals surface area contributed by atoms with Crippen molar-refractivity contribution in [3.8, 4) is 0 Å². The summed E-state index contributed by atoms with van der Waals surface area (Å²) >= 11 is 0. The Bertz CT molecular complexity index is 683. The van der Waals surface area contributed by atoms with Crippen molar-refractivity contribution < 1.29 is 19.5 Å². The zero-order valence-corrected chi connectivity index (χ0v) is 14.6. The number of carboxylic acid groups (broad SMARTS) is 1. The largest absolute Gasteiger partial charge is 0.481 e. The molecule has 2 aliphatic heterocycles. The molecule has 0 saturated carbocycles. The number of carboxylic acids is 1. The van der Waals surface area contributed by atoms with Gasteiger partial charge in [-0.1, -0.05) is 26.0 Å². The number of aliphatic carboxylic acids is 1. The molecule has 6 nitrogen and oxygen atoms in total. The average Bonchev–Trinajstić information content (AvgIpc) is 3.21. The van der Waals surface area contributed by atoms with Gasteiger partial charge in [0.1, 0.15) is 5.92 Å². The first-order valence-corrected chi connectivity index (χ1v) is 8.81. The number of benzene rings is 1. The van der Waals surface area contributed by atoms with Gasteiger partial charge in [-0.2, -0.15) is 0 Å². The monoisotopic (exact) mass is 344 g/mol. The number of anilines is 1. The molecule has 2 atom stereocenters. The Morgan fingerprint density at radius 3 is 2.36 bits per heavy atom. The highest BCUT2D eigenvalue weighted by molar-refractivity contribution is 6.09. The van der Waals surface area contributed by atoms with E-state index in [9.17, 15) is 14.4 Å². The minimum atomic E-state index is -0.875. The topological polar surface area (TPSA) is 77.9 Å². The molecule has 0 unspecified atom stereocenters. The summed E-state index contributed by atoms with van der Waals surface area (Å²) in [5.74, 6) is -2.05. The van der Waals surface area contributed by atoms with Gasteiger partial charge >= 0.3 is 5.97 Å². The number of hydrogen-bond acceptors (Lipinski definition) is 3. The third-order valence-corrected chi connectivity index (χ3v) is 5.22. The molecule has 2 saturated heterocycles. The molecule has 0 aromatic heterocycles. The van der Waals surface area contributed by atoms with Crippen LogP contribution in [0, 0.1) is 11.8 Å². The summed E-state index contributed by atoms with van der Waals surface area (Å²) in [4.78, 5) is 39.6. The molecule has 2 amide bonds. The fourth-order valence-electron chi connectivity index (χ4n) is 3.59. The van der Waals surface area contributed by atoms with E-state index in [4.69, 9.17) is 5.11 Å². The maximum absolute atomic E-state index is 12.7. The van der Waals surface area contributed by atoms with Crippen LogP contribution in [0.15, 0.2) is 24.3 Å². The summed E-state index contributed by atoms with van der Waals surface area (Å²) in [6.45, 7) is 5.38. The van der Waals surface area contributed by atoms with Crippen molar-refractivity contribution in [1.82, 2.24) is 4.90 Å². The minimum Gasteiger partial charge on any atom is -0.481 e. The van der Waals surface area contributed by atoms with E-state index < -0.39 is 17.8 Å². The number of nitrogens with zero attached hydrogens (tertiary/aromatic N) is 2. The van der Waals surface area contributed by atoms with Crippen molar-refractivity contribution in [3.63, 3.8) is 0 Å². The molecule has 0 radical (unpaired) electrons. The lowest BCUT2D eigenvalue weighted by atomic mass is 10.0. The number of amides is 2. The summed E-state index contributed by atoms with van der Waals surface area (Å²) in [5, 5.41) is 9.07. The van der Waals surface area contributed by atoms with Gasteiger partial charge in [-0.15, -0.1) is 0 Å². The molecule has 134 valence electrons.